The van der Waals surface area contributed by atoms with Crippen molar-refractivity contribution in [3.05, 3.63) is 75.6 Å². The number of ether oxygens (including phenoxy) is 1. The van der Waals surface area contributed by atoms with Gasteiger partial charge in [-0.2, -0.15) is 0 Å². The summed E-state index contributed by atoms with van der Waals surface area (Å²) in [6.45, 7) is 6.15. The van der Waals surface area contributed by atoms with Crippen LogP contribution in [0.4, 0.5) is 8.78 Å². The number of hydrogen-bond donors (Lipinski definition) is 0. The monoisotopic (exact) mass is 481 g/mol. The van der Waals surface area contributed by atoms with Gasteiger partial charge < -0.3 is 4.74 Å². The molecule has 0 unspecified atom stereocenters. The molecule has 0 spiro atoms. The zero-order valence-electron chi connectivity index (χ0n) is 18.9. The van der Waals surface area contributed by atoms with E-state index in [2.05, 4.69) is 15.0 Å². The maximum absolute atomic E-state index is 14.3. The Hall–Kier alpha value is -3.10. The van der Waals surface area contributed by atoms with Crippen molar-refractivity contribution in [1.82, 2.24) is 24.9 Å². The minimum absolute atomic E-state index is 0.0271. The van der Waals surface area contributed by atoms with Crippen molar-refractivity contribution in [2.75, 3.05) is 6.61 Å². The molecule has 34 heavy (non-hydrogen) atoms. The van der Waals surface area contributed by atoms with Crippen molar-refractivity contribution < 1.29 is 13.5 Å². The third-order valence-electron chi connectivity index (χ3n) is 6.16. The SMILES string of the molecule is Cc1cc([C@H]2C[C@H](c3nc(-c4cc(F)c(Cl)c(F)c4)c4nc(C)c(C)nc4n3)CCO2)ccn1. The van der Waals surface area contributed by atoms with E-state index < -0.39 is 16.7 Å². The van der Waals surface area contributed by atoms with Crippen LogP contribution in [0.5, 0.6) is 0 Å². The molecule has 4 heterocycles. The molecule has 5 rings (SSSR count). The first-order chi connectivity index (χ1) is 16.3. The van der Waals surface area contributed by atoms with E-state index in [9.17, 15) is 8.78 Å². The van der Waals surface area contributed by atoms with E-state index in [1.54, 1.807) is 6.20 Å². The number of halogens is 3. The molecule has 0 amide bonds. The second-order valence-electron chi connectivity index (χ2n) is 8.56. The topological polar surface area (TPSA) is 73.7 Å². The summed E-state index contributed by atoms with van der Waals surface area (Å²) in [6, 6.07) is 6.29. The average molecular weight is 482 g/mol. The van der Waals surface area contributed by atoms with E-state index in [0.717, 1.165) is 17.0 Å². The number of nitrogens with zero attached hydrogens (tertiary/aromatic N) is 5. The Kier molecular flexibility index (Phi) is 5.95. The van der Waals surface area contributed by atoms with Crippen LogP contribution in [0, 0.1) is 32.4 Å². The molecular weight excluding hydrogens is 460 g/mol. The van der Waals surface area contributed by atoms with Crippen molar-refractivity contribution in [1.29, 1.82) is 0 Å². The van der Waals surface area contributed by atoms with Crippen molar-refractivity contribution in [3.8, 4) is 11.3 Å². The van der Waals surface area contributed by atoms with Crippen LogP contribution in [-0.4, -0.2) is 31.5 Å². The molecule has 3 aromatic heterocycles. The minimum Gasteiger partial charge on any atom is -0.373 e. The largest absolute Gasteiger partial charge is 0.373 e. The van der Waals surface area contributed by atoms with Crippen LogP contribution in [0.2, 0.25) is 5.02 Å². The van der Waals surface area contributed by atoms with Crippen LogP contribution in [0.15, 0.2) is 30.5 Å². The van der Waals surface area contributed by atoms with Crippen LogP contribution in [0.25, 0.3) is 22.4 Å². The summed E-state index contributed by atoms with van der Waals surface area (Å²) < 4.78 is 34.7. The van der Waals surface area contributed by atoms with E-state index in [4.69, 9.17) is 26.3 Å². The molecule has 1 aliphatic rings. The summed E-state index contributed by atoms with van der Waals surface area (Å²) >= 11 is 5.71. The summed E-state index contributed by atoms with van der Waals surface area (Å²) in [5.74, 6) is -1.20. The predicted molar refractivity (Wildman–Crippen MR) is 125 cm³/mol. The molecule has 0 radical (unpaired) electrons. The van der Waals surface area contributed by atoms with Crippen LogP contribution in [0.1, 0.15) is 53.3 Å². The van der Waals surface area contributed by atoms with E-state index in [0.29, 0.717) is 47.8 Å². The highest BCUT2D eigenvalue weighted by Crippen LogP contribution is 2.38. The molecule has 0 bridgehead atoms. The lowest BCUT2D eigenvalue weighted by Gasteiger charge is -2.29. The fourth-order valence-corrected chi connectivity index (χ4v) is 4.35. The number of aryl methyl sites for hydroxylation is 3. The van der Waals surface area contributed by atoms with E-state index in [-0.39, 0.29) is 17.6 Å². The quantitative estimate of drug-likeness (QED) is 0.335. The van der Waals surface area contributed by atoms with Gasteiger partial charge in [0.05, 0.1) is 17.5 Å². The van der Waals surface area contributed by atoms with Crippen LogP contribution in [-0.2, 0) is 4.74 Å². The van der Waals surface area contributed by atoms with Crippen molar-refractivity contribution in [3.63, 3.8) is 0 Å². The summed E-state index contributed by atoms with van der Waals surface area (Å²) in [5, 5.41) is -0.555. The zero-order chi connectivity index (χ0) is 24.0. The lowest BCUT2D eigenvalue weighted by molar-refractivity contribution is 0.00393. The number of hydrogen-bond acceptors (Lipinski definition) is 6. The average Bonchev–Trinajstić information content (AvgIpc) is 2.82. The molecule has 0 aliphatic carbocycles. The van der Waals surface area contributed by atoms with Gasteiger partial charge in [0.2, 0.25) is 0 Å². The fourth-order valence-electron chi connectivity index (χ4n) is 4.24. The Morgan fingerprint density at radius 1 is 0.971 bits per heavy atom. The standard InChI is InChI=1S/C25H22ClF2N5O/c1-12-8-15(4-6-29-12)20-11-16(5-7-34-20)24-32-22(17-9-18(27)21(26)19(28)10-17)23-25(33-24)31-14(3)13(2)30-23/h4,6,8-10,16,20H,5,7,11H2,1-3H3/t16-,20-/m1/s1. The lowest BCUT2D eigenvalue weighted by Crippen LogP contribution is -2.21. The zero-order valence-corrected chi connectivity index (χ0v) is 19.7. The molecule has 1 saturated heterocycles. The van der Waals surface area contributed by atoms with Crippen molar-refractivity contribution in [2.24, 2.45) is 0 Å². The van der Waals surface area contributed by atoms with Crippen molar-refractivity contribution in [2.45, 2.75) is 45.6 Å². The number of aromatic nitrogens is 5. The van der Waals surface area contributed by atoms with E-state index in [1.807, 2.05) is 32.9 Å². The highest BCUT2D eigenvalue weighted by molar-refractivity contribution is 6.31. The Morgan fingerprint density at radius 3 is 2.44 bits per heavy atom. The molecule has 174 valence electrons. The summed E-state index contributed by atoms with van der Waals surface area (Å²) in [7, 11) is 0. The van der Waals surface area contributed by atoms with Gasteiger partial charge in [0.15, 0.2) is 5.65 Å². The minimum atomic E-state index is -0.860. The second kappa shape index (κ2) is 8.92. The molecule has 6 nitrogen and oxygen atoms in total. The normalized spacial score (nSPS) is 18.4. The third-order valence-corrected chi connectivity index (χ3v) is 6.52. The van der Waals surface area contributed by atoms with Gasteiger partial charge in [0, 0.05) is 30.0 Å². The lowest BCUT2D eigenvalue weighted by atomic mass is 9.91. The van der Waals surface area contributed by atoms with Crippen LogP contribution >= 0.6 is 11.6 Å². The molecule has 2 atom stereocenters. The molecule has 0 saturated carbocycles. The molecule has 1 aliphatic heterocycles. The highest BCUT2D eigenvalue weighted by Gasteiger charge is 2.29. The first-order valence-electron chi connectivity index (χ1n) is 11.0. The van der Waals surface area contributed by atoms with Crippen molar-refractivity contribution >= 4 is 22.8 Å². The van der Waals surface area contributed by atoms with Gasteiger partial charge in [-0.1, -0.05) is 11.6 Å². The Morgan fingerprint density at radius 2 is 1.71 bits per heavy atom. The maximum Gasteiger partial charge on any atom is 0.182 e. The van der Waals surface area contributed by atoms with E-state index >= 15 is 0 Å². The first kappa shape index (κ1) is 22.7. The molecular formula is C25H22ClF2N5O. The first-order valence-corrected chi connectivity index (χ1v) is 11.4. The fraction of sp³-hybridized carbons (Fsp3) is 0.320. The third kappa shape index (κ3) is 4.23. The van der Waals surface area contributed by atoms with Crippen LogP contribution < -0.4 is 0 Å². The molecule has 0 N–H and O–H groups in total. The second-order valence-corrected chi connectivity index (χ2v) is 8.94. The van der Waals surface area contributed by atoms with Crippen LogP contribution in [0.3, 0.4) is 0 Å². The molecule has 1 aromatic carbocycles. The van der Waals surface area contributed by atoms with Gasteiger partial charge in [0.25, 0.3) is 0 Å². The number of pyridine rings is 1. The Labute approximate surface area is 200 Å². The molecule has 4 aromatic rings. The van der Waals surface area contributed by atoms with Gasteiger partial charge in [-0.05, 0) is 63.4 Å². The van der Waals surface area contributed by atoms with Gasteiger partial charge >= 0.3 is 0 Å². The number of benzene rings is 1. The number of rotatable bonds is 3. The number of fused-ring (bicyclic) bond motifs is 1. The Balaban J connectivity index is 1.63. The van der Waals surface area contributed by atoms with Gasteiger partial charge in [0.1, 0.15) is 33.7 Å². The van der Waals surface area contributed by atoms with Gasteiger partial charge in [-0.3, -0.25) is 4.98 Å². The van der Waals surface area contributed by atoms with Gasteiger partial charge in [-0.25, -0.2) is 28.7 Å². The Bertz CT molecular complexity index is 1390. The highest BCUT2D eigenvalue weighted by atomic mass is 35.5. The summed E-state index contributed by atoms with van der Waals surface area (Å²) in [6.07, 6.45) is 3.02. The van der Waals surface area contributed by atoms with E-state index in [1.165, 1.54) is 12.1 Å². The van der Waals surface area contributed by atoms with Gasteiger partial charge in [-0.15, -0.1) is 0 Å². The maximum atomic E-state index is 14.3. The molecule has 1 fully saturated rings. The summed E-state index contributed by atoms with van der Waals surface area (Å²) in [4.78, 5) is 23.0. The smallest absolute Gasteiger partial charge is 0.182 e. The summed E-state index contributed by atoms with van der Waals surface area (Å²) in [5.41, 5.74) is 4.73. The molecule has 9 heteroatoms. The predicted octanol–water partition coefficient (Wildman–Crippen LogP) is 5.97.